The van der Waals surface area contributed by atoms with Crippen LogP contribution in [-0.2, 0) is 22.4 Å². The van der Waals surface area contributed by atoms with Gasteiger partial charge in [-0.1, -0.05) is 42.5 Å². The maximum atomic E-state index is 12.4. The molecule has 0 aromatic heterocycles. The molecule has 3 aromatic carbocycles. The lowest BCUT2D eigenvalue weighted by Gasteiger charge is -2.10. The molecule has 0 atom stereocenters. The molecule has 0 aliphatic heterocycles. The van der Waals surface area contributed by atoms with Crippen molar-refractivity contribution in [3.8, 4) is 5.75 Å². The normalized spacial score (nSPS) is 10.6. The minimum absolute atomic E-state index is 0.103. The van der Waals surface area contributed by atoms with Gasteiger partial charge in [0, 0.05) is 17.0 Å². The molecule has 3 aromatic rings. The first-order chi connectivity index (χ1) is 17.1. The molecule has 0 bridgehead atoms. The number of unbranched alkanes of at least 4 members (excludes halogenated alkanes) is 2. The Morgan fingerprint density at radius 3 is 2.31 bits per heavy atom. The summed E-state index contributed by atoms with van der Waals surface area (Å²) < 4.78 is 10.7. The number of esters is 1. The van der Waals surface area contributed by atoms with Gasteiger partial charge in [-0.15, -0.1) is 11.8 Å². The molecular weight excluding hydrogens is 458 g/mol. The maximum Gasteiger partial charge on any atom is 0.339 e. The Bertz CT molecular complexity index is 1080. The summed E-state index contributed by atoms with van der Waals surface area (Å²) in [5.41, 5.74) is 3.49. The third-order valence-corrected chi connectivity index (χ3v) is 6.47. The summed E-state index contributed by atoms with van der Waals surface area (Å²) >= 11 is 1.46. The molecule has 0 saturated heterocycles. The van der Waals surface area contributed by atoms with Crippen LogP contribution in [0.3, 0.4) is 0 Å². The van der Waals surface area contributed by atoms with E-state index < -0.39 is 5.97 Å². The first kappa shape index (κ1) is 26.4. The van der Waals surface area contributed by atoms with Gasteiger partial charge in [-0.2, -0.15) is 0 Å². The Balaban J connectivity index is 1.36. The molecule has 5 nitrogen and oxygen atoms in total. The number of thioether (sulfide) groups is 1. The zero-order chi connectivity index (χ0) is 24.9. The van der Waals surface area contributed by atoms with Crippen LogP contribution in [-0.4, -0.2) is 31.8 Å². The van der Waals surface area contributed by atoms with Crippen LogP contribution in [0.15, 0.2) is 77.7 Å². The summed E-state index contributed by atoms with van der Waals surface area (Å²) in [4.78, 5) is 25.2. The third-order valence-electron chi connectivity index (χ3n) is 5.67. The fourth-order valence-corrected chi connectivity index (χ4v) is 4.30. The van der Waals surface area contributed by atoms with Crippen LogP contribution in [0.4, 0.5) is 5.69 Å². The Morgan fingerprint density at radius 2 is 1.60 bits per heavy atom. The van der Waals surface area contributed by atoms with Crippen molar-refractivity contribution in [3.05, 3.63) is 89.5 Å². The second kappa shape index (κ2) is 14.2. The number of ether oxygens (including phenoxy) is 2. The topological polar surface area (TPSA) is 64.6 Å². The number of benzene rings is 3. The zero-order valence-electron chi connectivity index (χ0n) is 20.4. The van der Waals surface area contributed by atoms with Crippen LogP contribution in [0.5, 0.6) is 5.75 Å². The molecule has 0 spiro atoms. The van der Waals surface area contributed by atoms with Crippen molar-refractivity contribution in [2.75, 3.05) is 25.3 Å². The number of aryl methyl sites for hydroxylation is 2. The van der Waals surface area contributed by atoms with Gasteiger partial charge in [0.25, 0.3) is 0 Å². The van der Waals surface area contributed by atoms with E-state index in [-0.39, 0.29) is 5.91 Å². The molecule has 0 aliphatic carbocycles. The minimum Gasteiger partial charge on any atom is -0.494 e. The van der Waals surface area contributed by atoms with Gasteiger partial charge in [0.15, 0.2) is 0 Å². The lowest BCUT2D eigenvalue weighted by Crippen LogP contribution is -2.13. The number of amides is 1. The minimum atomic E-state index is -0.417. The highest BCUT2D eigenvalue weighted by molar-refractivity contribution is 7.98. The van der Waals surface area contributed by atoms with E-state index in [4.69, 9.17) is 9.47 Å². The van der Waals surface area contributed by atoms with Gasteiger partial charge in [-0.25, -0.2) is 4.79 Å². The van der Waals surface area contributed by atoms with Crippen molar-refractivity contribution in [1.82, 2.24) is 0 Å². The van der Waals surface area contributed by atoms with Gasteiger partial charge >= 0.3 is 5.97 Å². The lowest BCUT2D eigenvalue weighted by atomic mass is 10.1. The fourth-order valence-electron chi connectivity index (χ4n) is 3.73. The van der Waals surface area contributed by atoms with Crippen molar-refractivity contribution in [2.24, 2.45) is 0 Å². The SMILES string of the molecule is COC(=O)c1cc(NC(=O)CCc2ccc(OCCCCCc3ccccc3)cc2)ccc1SC. The monoisotopic (exact) mass is 491 g/mol. The van der Waals surface area contributed by atoms with Crippen molar-refractivity contribution in [2.45, 2.75) is 43.4 Å². The van der Waals surface area contributed by atoms with E-state index in [0.717, 1.165) is 35.5 Å². The second-order valence-corrected chi connectivity index (χ2v) is 9.09. The molecular formula is C29H33NO4S. The largest absolute Gasteiger partial charge is 0.494 e. The molecule has 0 fully saturated rings. The summed E-state index contributed by atoms with van der Waals surface area (Å²) in [6, 6.07) is 23.7. The van der Waals surface area contributed by atoms with Gasteiger partial charge in [0.05, 0.1) is 19.3 Å². The van der Waals surface area contributed by atoms with Crippen LogP contribution < -0.4 is 10.1 Å². The maximum absolute atomic E-state index is 12.4. The summed E-state index contributed by atoms with van der Waals surface area (Å²) in [7, 11) is 1.35. The van der Waals surface area contributed by atoms with E-state index in [1.54, 1.807) is 12.1 Å². The molecule has 0 unspecified atom stereocenters. The van der Waals surface area contributed by atoms with Gasteiger partial charge < -0.3 is 14.8 Å². The average Bonchev–Trinajstić information content (AvgIpc) is 2.90. The molecule has 0 aliphatic rings. The first-order valence-corrected chi connectivity index (χ1v) is 13.1. The fraction of sp³-hybridized carbons (Fsp3) is 0.310. The summed E-state index contributed by atoms with van der Waals surface area (Å²) in [6.45, 7) is 0.708. The van der Waals surface area contributed by atoms with E-state index in [0.29, 0.717) is 30.7 Å². The van der Waals surface area contributed by atoms with Crippen LogP contribution in [0.25, 0.3) is 0 Å². The summed E-state index contributed by atoms with van der Waals surface area (Å²) in [6.07, 6.45) is 7.31. The van der Waals surface area contributed by atoms with E-state index in [2.05, 4.69) is 29.6 Å². The molecule has 1 N–H and O–H groups in total. The van der Waals surface area contributed by atoms with Crippen LogP contribution in [0, 0.1) is 0 Å². The van der Waals surface area contributed by atoms with E-state index in [1.165, 1.54) is 30.9 Å². The van der Waals surface area contributed by atoms with Gasteiger partial charge in [0.1, 0.15) is 5.75 Å². The highest BCUT2D eigenvalue weighted by atomic mass is 32.2. The number of hydrogen-bond donors (Lipinski definition) is 1. The smallest absolute Gasteiger partial charge is 0.339 e. The van der Waals surface area contributed by atoms with Gasteiger partial charge in [-0.05, 0) is 79.8 Å². The Morgan fingerprint density at radius 1 is 0.857 bits per heavy atom. The van der Waals surface area contributed by atoms with Crippen molar-refractivity contribution in [1.29, 1.82) is 0 Å². The molecule has 0 saturated carbocycles. The molecule has 35 heavy (non-hydrogen) atoms. The Labute approximate surface area is 212 Å². The molecule has 0 radical (unpaired) electrons. The number of rotatable bonds is 13. The van der Waals surface area contributed by atoms with Gasteiger partial charge in [-0.3, -0.25) is 4.79 Å². The average molecular weight is 492 g/mol. The predicted molar refractivity (Wildman–Crippen MR) is 142 cm³/mol. The number of hydrogen-bond acceptors (Lipinski definition) is 5. The second-order valence-electron chi connectivity index (χ2n) is 8.24. The predicted octanol–water partition coefficient (Wildman–Crippen LogP) is 6.56. The summed E-state index contributed by atoms with van der Waals surface area (Å²) in [5.74, 6) is 0.332. The highest BCUT2D eigenvalue weighted by Gasteiger charge is 2.13. The van der Waals surface area contributed by atoms with E-state index >= 15 is 0 Å². The van der Waals surface area contributed by atoms with Crippen LogP contribution in [0.2, 0.25) is 0 Å². The molecule has 0 heterocycles. The molecule has 3 rings (SSSR count). The van der Waals surface area contributed by atoms with Crippen molar-refractivity contribution >= 4 is 29.3 Å². The van der Waals surface area contributed by atoms with Crippen molar-refractivity contribution in [3.63, 3.8) is 0 Å². The third kappa shape index (κ3) is 8.80. The highest BCUT2D eigenvalue weighted by Crippen LogP contribution is 2.25. The van der Waals surface area contributed by atoms with Crippen molar-refractivity contribution < 1.29 is 19.1 Å². The first-order valence-electron chi connectivity index (χ1n) is 11.9. The quantitative estimate of drug-likeness (QED) is 0.167. The summed E-state index contributed by atoms with van der Waals surface area (Å²) in [5, 5.41) is 2.87. The van der Waals surface area contributed by atoms with E-state index in [9.17, 15) is 9.59 Å². The zero-order valence-corrected chi connectivity index (χ0v) is 21.2. The lowest BCUT2D eigenvalue weighted by molar-refractivity contribution is -0.116. The number of carbonyl (C=O) groups is 2. The molecule has 1 amide bonds. The molecule has 6 heteroatoms. The number of methoxy groups -OCH3 is 1. The Kier molecular flexibility index (Phi) is 10.7. The standard InChI is InChI=1S/C29H33NO4S/c1-33-29(32)26-21-24(15-18-27(26)35-2)30-28(31)19-14-23-12-16-25(17-13-23)34-20-8-4-7-11-22-9-5-3-6-10-22/h3,5-6,9-10,12-13,15-18,21H,4,7-8,11,14,19-20H2,1-2H3,(H,30,31). The van der Waals surface area contributed by atoms with Gasteiger partial charge in [0.2, 0.25) is 5.91 Å². The Hall–Kier alpha value is -3.25. The number of nitrogens with one attached hydrogen (secondary N) is 1. The van der Waals surface area contributed by atoms with Crippen LogP contribution >= 0.6 is 11.8 Å². The number of anilines is 1. The van der Waals surface area contributed by atoms with Crippen LogP contribution in [0.1, 0.15) is 47.2 Å². The van der Waals surface area contributed by atoms with E-state index in [1.807, 2.05) is 42.7 Å². The number of carbonyl (C=O) groups excluding carboxylic acids is 2. The molecule has 184 valence electrons.